The zero-order valence-electron chi connectivity index (χ0n) is 19.9. The maximum atomic E-state index is 13.3. The van der Waals surface area contributed by atoms with E-state index in [4.69, 9.17) is 5.73 Å². The molecule has 0 bridgehead atoms. The van der Waals surface area contributed by atoms with Crippen LogP contribution in [0.5, 0.6) is 0 Å². The second-order valence-electron chi connectivity index (χ2n) is 8.86. The topological polar surface area (TPSA) is 88.2 Å². The fourth-order valence-electron chi connectivity index (χ4n) is 4.38. The summed E-state index contributed by atoms with van der Waals surface area (Å²) in [6, 6.07) is 27.2. The SMILES string of the molecule is Cc1cccc(CC(CO)C(NC(=O)c2ccc(-c3cccc(CN)c3)cc2)c2cccnc2)c1. The average Bonchev–Trinajstić information content (AvgIpc) is 2.91. The molecule has 5 heteroatoms. The minimum Gasteiger partial charge on any atom is -0.396 e. The van der Waals surface area contributed by atoms with Crippen molar-refractivity contribution in [3.05, 3.63) is 125 Å². The summed E-state index contributed by atoms with van der Waals surface area (Å²) in [6.07, 6.45) is 4.08. The van der Waals surface area contributed by atoms with Crippen molar-refractivity contribution in [3.63, 3.8) is 0 Å². The number of aliphatic hydroxyl groups excluding tert-OH is 1. The number of amides is 1. The summed E-state index contributed by atoms with van der Waals surface area (Å²) in [6.45, 7) is 2.47. The molecule has 178 valence electrons. The van der Waals surface area contributed by atoms with Gasteiger partial charge in [-0.2, -0.15) is 0 Å². The summed E-state index contributed by atoms with van der Waals surface area (Å²) >= 11 is 0. The van der Waals surface area contributed by atoms with Gasteiger partial charge < -0.3 is 16.2 Å². The van der Waals surface area contributed by atoms with E-state index in [2.05, 4.69) is 28.5 Å². The highest BCUT2D eigenvalue weighted by molar-refractivity contribution is 5.95. The van der Waals surface area contributed by atoms with Crippen molar-refractivity contribution in [1.29, 1.82) is 0 Å². The van der Waals surface area contributed by atoms with Crippen molar-refractivity contribution < 1.29 is 9.90 Å². The molecule has 4 aromatic rings. The molecule has 0 saturated carbocycles. The smallest absolute Gasteiger partial charge is 0.251 e. The first-order chi connectivity index (χ1) is 17.1. The highest BCUT2D eigenvalue weighted by atomic mass is 16.3. The summed E-state index contributed by atoms with van der Waals surface area (Å²) in [5.74, 6) is -0.396. The van der Waals surface area contributed by atoms with E-state index in [-0.39, 0.29) is 24.5 Å². The van der Waals surface area contributed by atoms with Crippen LogP contribution >= 0.6 is 0 Å². The molecule has 4 N–H and O–H groups in total. The van der Waals surface area contributed by atoms with E-state index in [1.807, 2.05) is 73.7 Å². The number of nitrogens with zero attached hydrogens (tertiary/aromatic N) is 1. The van der Waals surface area contributed by atoms with Crippen molar-refractivity contribution >= 4 is 5.91 Å². The Morgan fingerprint density at radius 1 is 0.943 bits per heavy atom. The normalized spacial score (nSPS) is 12.7. The molecule has 0 spiro atoms. The third-order valence-corrected chi connectivity index (χ3v) is 6.26. The van der Waals surface area contributed by atoms with Crippen molar-refractivity contribution in [2.24, 2.45) is 11.7 Å². The van der Waals surface area contributed by atoms with Crippen LogP contribution in [0.2, 0.25) is 0 Å². The van der Waals surface area contributed by atoms with Crippen LogP contribution in [0.4, 0.5) is 0 Å². The van der Waals surface area contributed by atoms with Crippen molar-refractivity contribution in [3.8, 4) is 11.1 Å². The number of carbonyl (C=O) groups excluding carboxylic acids is 1. The van der Waals surface area contributed by atoms with Crippen molar-refractivity contribution in [2.45, 2.75) is 25.9 Å². The molecule has 2 atom stereocenters. The molecular formula is C30H31N3O2. The standard InChI is InChI=1S/C30H31N3O2/c1-21-5-2-6-22(15-21)16-28(20-34)29(27-9-4-14-32-19-27)33-30(35)25-12-10-24(11-13-25)26-8-3-7-23(17-26)18-31/h2-15,17,19,28-29,34H,16,18,20,31H2,1H3,(H,33,35). The molecule has 1 amide bonds. The van der Waals surface area contributed by atoms with E-state index < -0.39 is 0 Å². The summed E-state index contributed by atoms with van der Waals surface area (Å²) in [5.41, 5.74) is 12.6. The molecule has 5 nitrogen and oxygen atoms in total. The third-order valence-electron chi connectivity index (χ3n) is 6.26. The quantitative estimate of drug-likeness (QED) is 0.330. The molecule has 2 unspecified atom stereocenters. The van der Waals surface area contributed by atoms with E-state index in [9.17, 15) is 9.90 Å². The highest BCUT2D eigenvalue weighted by Crippen LogP contribution is 2.27. The first kappa shape index (κ1) is 24.3. The lowest BCUT2D eigenvalue weighted by Crippen LogP contribution is -2.36. The summed E-state index contributed by atoms with van der Waals surface area (Å²) in [7, 11) is 0. The van der Waals surface area contributed by atoms with Gasteiger partial charge in [-0.1, -0.05) is 66.2 Å². The van der Waals surface area contributed by atoms with Gasteiger partial charge in [0.15, 0.2) is 0 Å². The lowest BCUT2D eigenvalue weighted by atomic mass is 9.88. The van der Waals surface area contributed by atoms with Gasteiger partial charge in [-0.05, 0) is 65.4 Å². The summed E-state index contributed by atoms with van der Waals surface area (Å²) < 4.78 is 0. The van der Waals surface area contributed by atoms with Gasteiger partial charge in [-0.15, -0.1) is 0 Å². The van der Waals surface area contributed by atoms with Crippen molar-refractivity contribution in [2.75, 3.05) is 6.61 Å². The molecule has 1 heterocycles. The number of hydrogen-bond donors (Lipinski definition) is 3. The number of aryl methyl sites for hydroxylation is 1. The minimum absolute atomic E-state index is 0.0653. The first-order valence-electron chi connectivity index (χ1n) is 11.8. The molecule has 4 rings (SSSR count). The van der Waals surface area contributed by atoms with E-state index in [1.165, 1.54) is 5.56 Å². The summed E-state index contributed by atoms with van der Waals surface area (Å²) in [5, 5.41) is 13.5. The van der Waals surface area contributed by atoms with E-state index in [0.717, 1.165) is 27.8 Å². The van der Waals surface area contributed by atoms with Gasteiger partial charge >= 0.3 is 0 Å². The first-order valence-corrected chi connectivity index (χ1v) is 11.8. The van der Waals surface area contributed by atoms with Crippen LogP contribution in [-0.4, -0.2) is 22.6 Å². The molecule has 0 fully saturated rings. The van der Waals surface area contributed by atoms with Gasteiger partial charge in [0.2, 0.25) is 0 Å². The van der Waals surface area contributed by atoms with E-state index in [1.54, 1.807) is 12.4 Å². The highest BCUT2D eigenvalue weighted by Gasteiger charge is 2.26. The minimum atomic E-state index is -0.386. The zero-order chi connectivity index (χ0) is 24.6. The number of rotatable bonds is 9. The second-order valence-corrected chi connectivity index (χ2v) is 8.86. The van der Waals surface area contributed by atoms with Gasteiger partial charge in [0.25, 0.3) is 5.91 Å². The maximum absolute atomic E-state index is 13.3. The van der Waals surface area contributed by atoms with Crippen LogP contribution in [-0.2, 0) is 13.0 Å². The van der Waals surface area contributed by atoms with Crippen LogP contribution in [0.3, 0.4) is 0 Å². The Morgan fingerprint density at radius 3 is 2.40 bits per heavy atom. The number of nitrogens with two attached hydrogens (primary N) is 1. The predicted octanol–water partition coefficient (Wildman–Crippen LogP) is 4.84. The number of carbonyl (C=O) groups is 1. The number of hydrogen-bond acceptors (Lipinski definition) is 4. The fourth-order valence-corrected chi connectivity index (χ4v) is 4.38. The largest absolute Gasteiger partial charge is 0.396 e. The second kappa shape index (κ2) is 11.6. The summed E-state index contributed by atoms with van der Waals surface area (Å²) in [4.78, 5) is 17.5. The number of aliphatic hydroxyl groups is 1. The molecule has 0 radical (unpaired) electrons. The molecule has 3 aromatic carbocycles. The average molecular weight is 466 g/mol. The van der Waals surface area contributed by atoms with Gasteiger partial charge in [0, 0.05) is 37.0 Å². The van der Waals surface area contributed by atoms with Gasteiger partial charge in [-0.25, -0.2) is 0 Å². The lowest BCUT2D eigenvalue weighted by molar-refractivity contribution is 0.0902. The Labute approximate surface area is 206 Å². The van der Waals surface area contributed by atoms with Gasteiger partial charge in [0.05, 0.1) is 6.04 Å². The fraction of sp³-hybridized carbons (Fsp3) is 0.200. The van der Waals surface area contributed by atoms with Crippen LogP contribution in [0.25, 0.3) is 11.1 Å². The third kappa shape index (κ3) is 6.21. The maximum Gasteiger partial charge on any atom is 0.251 e. The molecule has 35 heavy (non-hydrogen) atoms. The molecule has 1 aromatic heterocycles. The van der Waals surface area contributed by atoms with Crippen LogP contribution < -0.4 is 11.1 Å². The zero-order valence-corrected chi connectivity index (χ0v) is 19.9. The molecular weight excluding hydrogens is 434 g/mol. The van der Waals surface area contributed by atoms with Crippen LogP contribution in [0, 0.1) is 12.8 Å². The van der Waals surface area contributed by atoms with Gasteiger partial charge in [0.1, 0.15) is 0 Å². The van der Waals surface area contributed by atoms with Crippen molar-refractivity contribution in [1.82, 2.24) is 10.3 Å². The van der Waals surface area contributed by atoms with Crippen LogP contribution in [0.1, 0.15) is 38.7 Å². The molecule has 0 aliphatic carbocycles. The number of nitrogens with one attached hydrogen (secondary N) is 1. The van der Waals surface area contributed by atoms with Gasteiger partial charge in [-0.3, -0.25) is 9.78 Å². The monoisotopic (exact) mass is 465 g/mol. The lowest BCUT2D eigenvalue weighted by Gasteiger charge is -2.27. The Balaban J connectivity index is 1.56. The molecule has 0 aliphatic rings. The Hall–Kier alpha value is -3.80. The Kier molecular flexibility index (Phi) is 8.03. The Morgan fingerprint density at radius 2 is 1.71 bits per heavy atom. The molecule has 0 saturated heterocycles. The number of aromatic nitrogens is 1. The predicted molar refractivity (Wildman–Crippen MR) is 140 cm³/mol. The van der Waals surface area contributed by atoms with E-state index in [0.29, 0.717) is 18.5 Å². The Bertz CT molecular complexity index is 1260. The molecule has 0 aliphatic heterocycles. The van der Waals surface area contributed by atoms with E-state index >= 15 is 0 Å². The van der Waals surface area contributed by atoms with Crippen LogP contribution in [0.15, 0.2) is 97.3 Å². The number of pyridine rings is 1. The number of benzene rings is 3.